The van der Waals surface area contributed by atoms with E-state index in [-0.39, 0.29) is 6.20 Å². The molecule has 1 rings (SSSR count). The van der Waals surface area contributed by atoms with Crippen molar-refractivity contribution in [3.05, 3.63) is 21.9 Å². The predicted octanol–water partition coefficient (Wildman–Crippen LogP) is 2.83. The topological polar surface area (TPSA) is 74.5 Å². The molecule has 0 aliphatic heterocycles. The molecule has 0 unspecified atom stereocenters. The van der Waals surface area contributed by atoms with Crippen LogP contribution in [0.15, 0.2) is 6.20 Å². The van der Waals surface area contributed by atoms with E-state index >= 15 is 0 Å². The Balaban J connectivity index is 3.45. The molecule has 0 radical (unpaired) electrons. The van der Waals surface area contributed by atoms with Gasteiger partial charge in [-0.1, -0.05) is 0 Å². The van der Waals surface area contributed by atoms with Gasteiger partial charge in [0, 0.05) is 0 Å². The highest BCUT2D eigenvalue weighted by Gasteiger charge is 2.37. The summed E-state index contributed by atoms with van der Waals surface area (Å²) in [6.07, 6.45) is -8.39. The van der Waals surface area contributed by atoms with Crippen molar-refractivity contribution in [1.82, 2.24) is 4.98 Å². The summed E-state index contributed by atoms with van der Waals surface area (Å²) < 4.78 is 69.1. The zero-order valence-corrected chi connectivity index (χ0v) is 9.07. The Morgan fingerprint density at radius 2 is 2.00 bits per heavy atom. The first kappa shape index (κ1) is 14.9. The summed E-state index contributed by atoms with van der Waals surface area (Å²) in [5.41, 5.74) is -2.50. The maximum absolute atomic E-state index is 12.7. The second-order valence-corrected chi connectivity index (χ2v) is 3.00. The van der Waals surface area contributed by atoms with E-state index in [1.807, 2.05) is 0 Å². The standard InChI is InChI=1S/C8H5F5N2O4/c1-18-5-4(6(9)10)3(15(16)17)2-14-7(5)19-8(11,12)13/h2,6H,1H3. The first-order valence-electron chi connectivity index (χ1n) is 4.42. The normalized spacial score (nSPS) is 11.5. The maximum Gasteiger partial charge on any atom is 0.574 e. The van der Waals surface area contributed by atoms with Crippen LogP contribution in [0.3, 0.4) is 0 Å². The highest BCUT2D eigenvalue weighted by Crippen LogP contribution is 2.42. The zero-order chi connectivity index (χ0) is 14.8. The third kappa shape index (κ3) is 3.39. The summed E-state index contributed by atoms with van der Waals surface area (Å²) in [6, 6.07) is 0. The molecular weight excluding hydrogens is 283 g/mol. The molecule has 11 heteroatoms. The Morgan fingerprint density at radius 3 is 2.37 bits per heavy atom. The van der Waals surface area contributed by atoms with E-state index in [9.17, 15) is 32.1 Å². The second kappa shape index (κ2) is 5.20. The number of rotatable bonds is 4. The van der Waals surface area contributed by atoms with Gasteiger partial charge in [-0.25, -0.2) is 13.8 Å². The summed E-state index contributed by atoms with van der Waals surface area (Å²) in [7, 11) is 0.760. The number of nitrogens with zero attached hydrogens (tertiary/aromatic N) is 2. The maximum atomic E-state index is 12.7. The van der Waals surface area contributed by atoms with Gasteiger partial charge in [-0.05, 0) is 0 Å². The quantitative estimate of drug-likeness (QED) is 0.484. The molecule has 0 aliphatic rings. The minimum atomic E-state index is -5.20. The van der Waals surface area contributed by atoms with E-state index in [2.05, 4.69) is 14.5 Å². The van der Waals surface area contributed by atoms with Crippen molar-refractivity contribution in [3.8, 4) is 11.6 Å². The van der Waals surface area contributed by atoms with Gasteiger partial charge in [-0.15, -0.1) is 13.2 Å². The fourth-order valence-corrected chi connectivity index (χ4v) is 1.22. The molecule has 0 saturated carbocycles. The average Bonchev–Trinajstić information content (AvgIpc) is 2.25. The van der Waals surface area contributed by atoms with E-state index in [0.717, 1.165) is 7.11 Å². The van der Waals surface area contributed by atoms with Gasteiger partial charge in [-0.3, -0.25) is 10.1 Å². The van der Waals surface area contributed by atoms with E-state index in [0.29, 0.717) is 0 Å². The third-order valence-corrected chi connectivity index (χ3v) is 1.85. The number of aromatic nitrogens is 1. The summed E-state index contributed by atoms with van der Waals surface area (Å²) >= 11 is 0. The Morgan fingerprint density at radius 1 is 1.42 bits per heavy atom. The monoisotopic (exact) mass is 288 g/mol. The van der Waals surface area contributed by atoms with E-state index in [1.54, 1.807) is 0 Å². The molecule has 0 amide bonds. The lowest BCUT2D eigenvalue weighted by Crippen LogP contribution is -2.19. The highest BCUT2D eigenvalue weighted by atomic mass is 19.4. The minimum Gasteiger partial charge on any atom is -0.491 e. The lowest BCUT2D eigenvalue weighted by atomic mass is 10.2. The van der Waals surface area contributed by atoms with Crippen molar-refractivity contribution in [1.29, 1.82) is 0 Å². The van der Waals surface area contributed by atoms with Crippen LogP contribution in [-0.2, 0) is 0 Å². The van der Waals surface area contributed by atoms with Crippen LogP contribution in [0.5, 0.6) is 11.6 Å². The van der Waals surface area contributed by atoms with E-state index in [4.69, 9.17) is 0 Å². The number of pyridine rings is 1. The first-order chi connectivity index (χ1) is 8.67. The van der Waals surface area contributed by atoms with Crippen molar-refractivity contribution in [2.75, 3.05) is 7.11 Å². The van der Waals surface area contributed by atoms with Crippen LogP contribution in [0.2, 0.25) is 0 Å². The smallest absolute Gasteiger partial charge is 0.491 e. The van der Waals surface area contributed by atoms with Gasteiger partial charge in [0.2, 0.25) is 0 Å². The summed E-state index contributed by atoms with van der Waals surface area (Å²) in [5.74, 6) is -2.46. The van der Waals surface area contributed by atoms with E-state index < -0.39 is 40.6 Å². The fourth-order valence-electron chi connectivity index (χ4n) is 1.22. The number of methoxy groups -OCH3 is 1. The van der Waals surface area contributed by atoms with Gasteiger partial charge in [0.15, 0.2) is 5.75 Å². The van der Waals surface area contributed by atoms with Gasteiger partial charge >= 0.3 is 12.0 Å². The Bertz CT molecular complexity index is 491. The van der Waals surface area contributed by atoms with Gasteiger partial charge in [0.25, 0.3) is 12.3 Å². The van der Waals surface area contributed by atoms with Gasteiger partial charge < -0.3 is 9.47 Å². The van der Waals surface area contributed by atoms with Gasteiger partial charge in [0.1, 0.15) is 11.8 Å². The summed E-state index contributed by atoms with van der Waals surface area (Å²) in [4.78, 5) is 12.2. The lowest BCUT2D eigenvalue weighted by Gasteiger charge is -2.14. The van der Waals surface area contributed by atoms with Crippen LogP contribution in [0.4, 0.5) is 27.6 Å². The molecular formula is C8H5F5N2O4. The first-order valence-corrected chi connectivity index (χ1v) is 4.42. The van der Waals surface area contributed by atoms with Crippen molar-refractivity contribution in [2.45, 2.75) is 12.8 Å². The average molecular weight is 288 g/mol. The van der Waals surface area contributed by atoms with Crippen LogP contribution in [-0.4, -0.2) is 23.4 Å². The zero-order valence-electron chi connectivity index (χ0n) is 9.07. The molecule has 0 aromatic carbocycles. The van der Waals surface area contributed by atoms with Crippen LogP contribution in [0.1, 0.15) is 12.0 Å². The Labute approximate surface area is 101 Å². The molecule has 0 atom stereocenters. The van der Waals surface area contributed by atoms with Crippen molar-refractivity contribution in [2.24, 2.45) is 0 Å². The molecule has 1 aromatic rings. The molecule has 106 valence electrons. The predicted molar refractivity (Wildman–Crippen MR) is 49.1 cm³/mol. The Kier molecular flexibility index (Phi) is 4.07. The van der Waals surface area contributed by atoms with Crippen LogP contribution in [0.25, 0.3) is 0 Å². The molecule has 19 heavy (non-hydrogen) atoms. The number of alkyl halides is 5. The van der Waals surface area contributed by atoms with Crippen molar-refractivity contribution >= 4 is 5.69 Å². The molecule has 0 fully saturated rings. The van der Waals surface area contributed by atoms with Gasteiger partial charge in [-0.2, -0.15) is 0 Å². The molecule has 1 heterocycles. The fraction of sp³-hybridized carbons (Fsp3) is 0.375. The number of hydrogen-bond donors (Lipinski definition) is 0. The molecule has 0 saturated heterocycles. The van der Waals surface area contributed by atoms with Crippen molar-refractivity contribution in [3.63, 3.8) is 0 Å². The third-order valence-electron chi connectivity index (χ3n) is 1.85. The summed E-state index contributed by atoms with van der Waals surface area (Å²) in [5, 5.41) is 10.5. The van der Waals surface area contributed by atoms with Crippen LogP contribution >= 0.6 is 0 Å². The van der Waals surface area contributed by atoms with Crippen molar-refractivity contribution < 1.29 is 36.3 Å². The van der Waals surface area contributed by atoms with Crippen LogP contribution in [0, 0.1) is 10.1 Å². The molecule has 6 nitrogen and oxygen atoms in total. The largest absolute Gasteiger partial charge is 0.574 e. The van der Waals surface area contributed by atoms with Crippen LogP contribution < -0.4 is 9.47 Å². The molecule has 0 aliphatic carbocycles. The van der Waals surface area contributed by atoms with E-state index in [1.165, 1.54) is 0 Å². The number of hydrogen-bond acceptors (Lipinski definition) is 5. The molecule has 1 aromatic heterocycles. The number of halogens is 5. The SMILES string of the molecule is COc1c(OC(F)(F)F)ncc([N+](=O)[O-])c1C(F)F. The number of ether oxygens (including phenoxy) is 2. The van der Waals surface area contributed by atoms with Gasteiger partial charge in [0.05, 0.1) is 12.0 Å². The minimum absolute atomic E-state index is 0.241. The molecule has 0 N–H and O–H groups in total. The second-order valence-electron chi connectivity index (χ2n) is 3.00. The summed E-state index contributed by atoms with van der Waals surface area (Å²) in [6.45, 7) is 0. The lowest BCUT2D eigenvalue weighted by molar-refractivity contribution is -0.386. The number of nitro groups is 1. The Hall–Kier alpha value is -2.20. The molecule has 0 bridgehead atoms. The molecule has 0 spiro atoms. The highest BCUT2D eigenvalue weighted by molar-refractivity contribution is 5.53.